The van der Waals surface area contributed by atoms with Gasteiger partial charge in [0.25, 0.3) is 0 Å². The maximum atomic E-state index is 9.28. The molecule has 126 valence electrons. The molecule has 7 nitrogen and oxygen atoms in total. The normalized spacial score (nSPS) is 10.8. The Kier molecular flexibility index (Phi) is 3.80. The van der Waals surface area contributed by atoms with Crippen LogP contribution in [0.1, 0.15) is 11.3 Å². The molecule has 3 heterocycles. The summed E-state index contributed by atoms with van der Waals surface area (Å²) in [6.07, 6.45) is 3.19. The second kappa shape index (κ2) is 6.27. The first-order chi connectivity index (χ1) is 12.7. The number of nitrogens with two attached hydrogens (primary N) is 1. The van der Waals surface area contributed by atoms with Gasteiger partial charge in [-0.1, -0.05) is 12.1 Å². The molecule has 4 rings (SSSR count). The Balaban J connectivity index is 2.05. The van der Waals surface area contributed by atoms with E-state index in [1.54, 1.807) is 24.5 Å². The van der Waals surface area contributed by atoms with Crippen molar-refractivity contribution in [3.63, 3.8) is 0 Å². The summed E-state index contributed by atoms with van der Waals surface area (Å²) in [5, 5.41) is 18.5. The second-order valence-corrected chi connectivity index (χ2v) is 5.70. The predicted molar refractivity (Wildman–Crippen MR) is 97.1 cm³/mol. The fraction of sp³-hybridized carbons (Fsp3) is 0.0526. The summed E-state index contributed by atoms with van der Waals surface area (Å²) in [5.41, 5.74) is 10.1. The zero-order valence-electron chi connectivity index (χ0n) is 13.7. The van der Waals surface area contributed by atoms with Crippen LogP contribution in [0.4, 0.5) is 5.82 Å². The fourth-order valence-corrected chi connectivity index (χ4v) is 2.84. The van der Waals surface area contributed by atoms with E-state index >= 15 is 0 Å². The molecule has 0 saturated carbocycles. The Bertz CT molecular complexity index is 1140. The van der Waals surface area contributed by atoms with Crippen molar-refractivity contribution in [1.29, 1.82) is 5.26 Å². The monoisotopic (exact) mass is 342 g/mol. The molecule has 4 aromatic rings. The van der Waals surface area contributed by atoms with Gasteiger partial charge in [0.15, 0.2) is 0 Å². The molecule has 0 unspecified atom stereocenters. The average Bonchev–Trinajstić information content (AvgIpc) is 3.06. The quantitative estimate of drug-likeness (QED) is 0.591. The number of anilines is 1. The van der Waals surface area contributed by atoms with Crippen LogP contribution in [0.25, 0.3) is 28.1 Å². The van der Waals surface area contributed by atoms with Crippen LogP contribution in [-0.4, -0.2) is 24.6 Å². The lowest BCUT2D eigenvalue weighted by Crippen LogP contribution is -2.01. The van der Waals surface area contributed by atoms with Gasteiger partial charge in [-0.15, -0.1) is 0 Å². The molecule has 0 aliphatic carbocycles. The molecule has 0 spiro atoms. The Hall–Kier alpha value is -3.76. The van der Waals surface area contributed by atoms with Gasteiger partial charge in [-0.05, 0) is 29.8 Å². The summed E-state index contributed by atoms with van der Waals surface area (Å²) >= 11 is 0. The first-order valence-corrected chi connectivity index (χ1v) is 7.91. The van der Waals surface area contributed by atoms with Gasteiger partial charge in [0, 0.05) is 18.0 Å². The van der Waals surface area contributed by atoms with E-state index in [0.29, 0.717) is 28.4 Å². The highest BCUT2D eigenvalue weighted by atomic mass is 16.3. The van der Waals surface area contributed by atoms with Crippen molar-refractivity contribution in [2.75, 3.05) is 5.73 Å². The third-order valence-electron chi connectivity index (χ3n) is 4.11. The number of aromatic nitrogens is 4. The number of pyridine rings is 2. The van der Waals surface area contributed by atoms with E-state index in [1.807, 2.05) is 34.9 Å². The summed E-state index contributed by atoms with van der Waals surface area (Å²) in [6.45, 7) is -0.0319. The maximum absolute atomic E-state index is 9.28. The van der Waals surface area contributed by atoms with Gasteiger partial charge in [-0.25, -0.2) is 15.0 Å². The standard InChI is InChI=1S/C19H14N6O/c20-9-13-8-17-16(10-23-13)24-19(15-2-1-7-22-18(15)21)25(17)14-5-3-12(11-26)4-6-14/h1-8,10,26H,11H2,(H2,21,22). The molecule has 0 amide bonds. The summed E-state index contributed by atoms with van der Waals surface area (Å²) < 4.78 is 1.91. The van der Waals surface area contributed by atoms with Gasteiger partial charge in [-0.3, -0.25) is 4.57 Å². The molecule has 3 N–H and O–H groups in total. The van der Waals surface area contributed by atoms with E-state index in [2.05, 4.69) is 21.0 Å². The van der Waals surface area contributed by atoms with E-state index in [1.165, 1.54) is 0 Å². The van der Waals surface area contributed by atoms with Crippen LogP contribution < -0.4 is 5.73 Å². The number of aliphatic hydroxyl groups excluding tert-OH is 1. The molecule has 7 heteroatoms. The summed E-state index contributed by atoms with van der Waals surface area (Å²) in [7, 11) is 0. The van der Waals surface area contributed by atoms with Crippen LogP contribution in [0, 0.1) is 11.3 Å². The van der Waals surface area contributed by atoms with E-state index in [4.69, 9.17) is 5.73 Å². The molecule has 0 bridgehead atoms. The molecule has 3 aromatic heterocycles. The van der Waals surface area contributed by atoms with Gasteiger partial charge < -0.3 is 10.8 Å². The lowest BCUT2D eigenvalue weighted by molar-refractivity contribution is 0.282. The highest BCUT2D eigenvalue weighted by molar-refractivity contribution is 5.85. The molecular weight excluding hydrogens is 328 g/mol. The predicted octanol–water partition coefficient (Wildman–Crippen LogP) is 2.43. The van der Waals surface area contributed by atoms with Gasteiger partial charge >= 0.3 is 0 Å². The number of hydrogen-bond acceptors (Lipinski definition) is 6. The molecule has 1 aromatic carbocycles. The van der Waals surface area contributed by atoms with Crippen LogP contribution in [0.15, 0.2) is 54.9 Å². The number of nitrogens with zero attached hydrogens (tertiary/aromatic N) is 5. The molecule has 0 atom stereocenters. The van der Waals surface area contributed by atoms with E-state index in [-0.39, 0.29) is 6.61 Å². The van der Waals surface area contributed by atoms with E-state index in [9.17, 15) is 10.4 Å². The Labute approximate surface area is 149 Å². The number of hydrogen-bond donors (Lipinski definition) is 2. The fourth-order valence-electron chi connectivity index (χ4n) is 2.84. The van der Waals surface area contributed by atoms with Crippen molar-refractivity contribution in [2.45, 2.75) is 6.61 Å². The first-order valence-electron chi connectivity index (χ1n) is 7.91. The molecule has 0 radical (unpaired) electrons. The third kappa shape index (κ3) is 2.55. The highest BCUT2D eigenvalue weighted by Crippen LogP contribution is 2.31. The Morgan fingerprint density at radius 3 is 2.65 bits per heavy atom. The van der Waals surface area contributed by atoms with E-state index in [0.717, 1.165) is 16.8 Å². The first kappa shape index (κ1) is 15.7. The highest BCUT2D eigenvalue weighted by Gasteiger charge is 2.17. The van der Waals surface area contributed by atoms with Gasteiger partial charge in [0.1, 0.15) is 28.9 Å². The summed E-state index contributed by atoms with van der Waals surface area (Å²) in [4.78, 5) is 12.9. The molecule has 0 saturated heterocycles. The Morgan fingerprint density at radius 2 is 1.96 bits per heavy atom. The molecule has 0 aliphatic rings. The van der Waals surface area contributed by atoms with Crippen molar-refractivity contribution in [3.8, 4) is 23.1 Å². The number of aliphatic hydroxyl groups is 1. The van der Waals surface area contributed by atoms with Crippen LogP contribution in [0.5, 0.6) is 0 Å². The van der Waals surface area contributed by atoms with Gasteiger partial charge in [0.05, 0.1) is 23.9 Å². The molecular formula is C19H14N6O. The van der Waals surface area contributed by atoms with Crippen molar-refractivity contribution < 1.29 is 5.11 Å². The Morgan fingerprint density at radius 1 is 1.15 bits per heavy atom. The summed E-state index contributed by atoms with van der Waals surface area (Å²) in [5.74, 6) is 0.976. The molecule has 0 fully saturated rings. The van der Waals surface area contributed by atoms with Gasteiger partial charge in [0.2, 0.25) is 0 Å². The van der Waals surface area contributed by atoms with Crippen LogP contribution in [-0.2, 0) is 6.61 Å². The number of nitrogen functional groups attached to an aromatic ring is 1. The van der Waals surface area contributed by atoms with Crippen molar-refractivity contribution in [2.24, 2.45) is 0 Å². The average molecular weight is 342 g/mol. The van der Waals surface area contributed by atoms with Crippen molar-refractivity contribution >= 4 is 16.9 Å². The largest absolute Gasteiger partial charge is 0.392 e. The number of fused-ring (bicyclic) bond motifs is 1. The van der Waals surface area contributed by atoms with Gasteiger partial charge in [-0.2, -0.15) is 5.26 Å². The lowest BCUT2D eigenvalue weighted by atomic mass is 10.2. The smallest absolute Gasteiger partial charge is 0.149 e. The SMILES string of the molecule is N#Cc1cc2c(cn1)nc(-c1cccnc1N)n2-c1ccc(CO)cc1. The minimum Gasteiger partial charge on any atom is -0.392 e. The summed E-state index contributed by atoms with van der Waals surface area (Å²) in [6, 6.07) is 14.8. The van der Waals surface area contributed by atoms with Crippen molar-refractivity contribution in [3.05, 3.63) is 66.1 Å². The maximum Gasteiger partial charge on any atom is 0.149 e. The van der Waals surface area contributed by atoms with Crippen LogP contribution in [0.2, 0.25) is 0 Å². The zero-order chi connectivity index (χ0) is 18.1. The minimum atomic E-state index is -0.0319. The second-order valence-electron chi connectivity index (χ2n) is 5.70. The topological polar surface area (TPSA) is 114 Å². The molecule has 26 heavy (non-hydrogen) atoms. The number of nitriles is 1. The minimum absolute atomic E-state index is 0.0319. The van der Waals surface area contributed by atoms with Crippen LogP contribution in [0.3, 0.4) is 0 Å². The number of imidazole rings is 1. The third-order valence-corrected chi connectivity index (χ3v) is 4.11. The lowest BCUT2D eigenvalue weighted by Gasteiger charge is -2.11. The van der Waals surface area contributed by atoms with Crippen LogP contribution >= 0.6 is 0 Å². The number of benzene rings is 1. The molecule has 0 aliphatic heterocycles. The van der Waals surface area contributed by atoms with Crippen molar-refractivity contribution in [1.82, 2.24) is 19.5 Å². The van der Waals surface area contributed by atoms with E-state index < -0.39 is 0 Å². The zero-order valence-corrected chi connectivity index (χ0v) is 13.7. The number of rotatable bonds is 3.